The number of esters is 1. The van der Waals surface area contributed by atoms with Crippen molar-refractivity contribution in [3.63, 3.8) is 0 Å². The molecule has 9 nitrogen and oxygen atoms in total. The Balaban J connectivity index is 1.65. The Labute approximate surface area is 177 Å². The zero-order valence-electron chi connectivity index (χ0n) is 16.6. The number of nitrogens with zero attached hydrogens (tertiary/aromatic N) is 5. The first kappa shape index (κ1) is 20.3. The van der Waals surface area contributed by atoms with E-state index in [1.807, 2.05) is 25.2 Å². The van der Waals surface area contributed by atoms with Crippen molar-refractivity contribution in [2.45, 2.75) is 30.6 Å². The van der Waals surface area contributed by atoms with E-state index in [0.29, 0.717) is 28.0 Å². The fourth-order valence-corrected chi connectivity index (χ4v) is 4.81. The summed E-state index contributed by atoms with van der Waals surface area (Å²) in [4.78, 5) is 31.6. The second kappa shape index (κ2) is 8.04. The van der Waals surface area contributed by atoms with Gasteiger partial charge in [0.05, 0.1) is 18.1 Å². The molecule has 30 heavy (non-hydrogen) atoms. The van der Waals surface area contributed by atoms with E-state index in [-0.39, 0.29) is 24.3 Å². The van der Waals surface area contributed by atoms with Gasteiger partial charge in [0.25, 0.3) is 0 Å². The van der Waals surface area contributed by atoms with Gasteiger partial charge < -0.3 is 19.3 Å². The van der Waals surface area contributed by atoms with Crippen LogP contribution in [0, 0.1) is 5.92 Å². The largest absolute Gasteiger partial charge is 0.457 e. The Hall–Kier alpha value is -2.98. The summed E-state index contributed by atoms with van der Waals surface area (Å²) in [5, 5.41) is 19.0. The van der Waals surface area contributed by atoms with Gasteiger partial charge in [-0.3, -0.25) is 9.78 Å². The lowest BCUT2D eigenvalue weighted by molar-refractivity contribution is -0.162. The standard InChI is InChI=1S/C20H21N5O4S/c1-4-9-29-19(28)16-14(10-13-15(11(2)26)18(27)25(13)16)30-20-23-22-17(24(20)3)12-7-5-6-8-21-12/h4-8,11,13,15,26H,1,9-10H2,2-3H3/t11-,13-,15-/m1/s1. The first-order chi connectivity index (χ1) is 14.4. The number of aliphatic hydroxyl groups excluding tert-OH is 1. The maximum absolute atomic E-state index is 12.7. The van der Waals surface area contributed by atoms with Crippen molar-refractivity contribution < 1.29 is 19.4 Å². The Kier molecular flexibility index (Phi) is 5.44. The van der Waals surface area contributed by atoms with Crippen LogP contribution in [0.1, 0.15) is 13.3 Å². The zero-order chi connectivity index (χ0) is 21.4. The molecular weight excluding hydrogens is 406 g/mol. The number of carbonyl (C=O) groups excluding carboxylic acids is 2. The molecule has 0 saturated carbocycles. The minimum absolute atomic E-state index is 0.0423. The highest BCUT2D eigenvalue weighted by Gasteiger charge is 2.57. The molecule has 2 aliphatic rings. The average Bonchev–Trinajstić information content (AvgIpc) is 3.25. The summed E-state index contributed by atoms with van der Waals surface area (Å²) in [6.45, 7) is 5.18. The molecule has 0 unspecified atom stereocenters. The molecular formula is C20H21N5O4S. The predicted octanol–water partition coefficient (Wildman–Crippen LogP) is 1.52. The molecule has 0 aliphatic carbocycles. The van der Waals surface area contributed by atoms with Gasteiger partial charge in [-0.2, -0.15) is 0 Å². The maximum atomic E-state index is 12.7. The second-order valence-electron chi connectivity index (χ2n) is 7.09. The van der Waals surface area contributed by atoms with Crippen LogP contribution in [0.15, 0.2) is 52.8 Å². The highest BCUT2D eigenvalue weighted by atomic mass is 32.2. The van der Waals surface area contributed by atoms with E-state index < -0.39 is 18.0 Å². The first-order valence-corrected chi connectivity index (χ1v) is 10.3. The molecule has 2 aromatic rings. The molecule has 1 saturated heterocycles. The monoisotopic (exact) mass is 427 g/mol. The second-order valence-corrected chi connectivity index (χ2v) is 8.15. The van der Waals surface area contributed by atoms with Gasteiger partial charge in [-0.25, -0.2) is 4.79 Å². The number of hydrogen-bond acceptors (Lipinski definition) is 8. The number of pyridine rings is 1. The number of aromatic nitrogens is 4. The Morgan fingerprint density at radius 3 is 2.93 bits per heavy atom. The molecule has 2 aliphatic heterocycles. The molecule has 0 spiro atoms. The van der Waals surface area contributed by atoms with Gasteiger partial charge in [0.2, 0.25) is 5.91 Å². The lowest BCUT2D eigenvalue weighted by Gasteiger charge is -2.44. The summed E-state index contributed by atoms with van der Waals surface area (Å²) in [5.74, 6) is -0.810. The van der Waals surface area contributed by atoms with Crippen molar-refractivity contribution >= 4 is 23.6 Å². The van der Waals surface area contributed by atoms with Crippen LogP contribution in [-0.2, 0) is 21.4 Å². The van der Waals surface area contributed by atoms with Crippen molar-refractivity contribution in [1.82, 2.24) is 24.6 Å². The normalized spacial score (nSPS) is 21.3. The lowest BCUT2D eigenvalue weighted by atomic mass is 9.83. The number of amides is 1. The van der Waals surface area contributed by atoms with E-state index in [9.17, 15) is 14.7 Å². The fourth-order valence-electron chi connectivity index (χ4n) is 3.75. The minimum atomic E-state index is -0.792. The van der Waals surface area contributed by atoms with Gasteiger partial charge in [0, 0.05) is 24.6 Å². The number of aliphatic hydroxyl groups is 1. The number of carbonyl (C=O) groups is 2. The van der Waals surface area contributed by atoms with Crippen LogP contribution < -0.4 is 0 Å². The Morgan fingerprint density at radius 2 is 2.27 bits per heavy atom. The van der Waals surface area contributed by atoms with E-state index in [1.165, 1.54) is 22.7 Å². The van der Waals surface area contributed by atoms with Crippen molar-refractivity contribution in [2.75, 3.05) is 6.61 Å². The highest BCUT2D eigenvalue weighted by Crippen LogP contribution is 2.48. The molecule has 156 valence electrons. The van der Waals surface area contributed by atoms with Crippen LogP contribution in [0.3, 0.4) is 0 Å². The van der Waals surface area contributed by atoms with Gasteiger partial charge in [0.15, 0.2) is 11.0 Å². The Morgan fingerprint density at radius 1 is 1.47 bits per heavy atom. The van der Waals surface area contributed by atoms with E-state index >= 15 is 0 Å². The van der Waals surface area contributed by atoms with Gasteiger partial charge >= 0.3 is 5.97 Å². The van der Waals surface area contributed by atoms with Gasteiger partial charge in [-0.15, -0.1) is 10.2 Å². The number of β-lactam (4-membered cyclic amide) rings is 1. The predicted molar refractivity (Wildman–Crippen MR) is 109 cm³/mol. The average molecular weight is 427 g/mol. The van der Waals surface area contributed by atoms with Crippen LogP contribution in [0.25, 0.3) is 11.5 Å². The lowest BCUT2D eigenvalue weighted by Crippen LogP contribution is -2.61. The van der Waals surface area contributed by atoms with E-state index in [0.717, 1.165) is 0 Å². The third-order valence-electron chi connectivity index (χ3n) is 5.16. The molecule has 3 atom stereocenters. The maximum Gasteiger partial charge on any atom is 0.356 e. The number of rotatable bonds is 7. The van der Waals surface area contributed by atoms with Gasteiger partial charge in [0.1, 0.15) is 18.0 Å². The van der Waals surface area contributed by atoms with Crippen LogP contribution in [-0.4, -0.2) is 60.4 Å². The van der Waals surface area contributed by atoms with Crippen LogP contribution >= 0.6 is 11.8 Å². The Bertz CT molecular complexity index is 1030. The fraction of sp³-hybridized carbons (Fsp3) is 0.350. The van der Waals surface area contributed by atoms with Crippen molar-refractivity contribution in [3.8, 4) is 11.5 Å². The minimum Gasteiger partial charge on any atom is -0.457 e. The molecule has 1 amide bonds. The third kappa shape index (κ3) is 3.31. The summed E-state index contributed by atoms with van der Waals surface area (Å²) in [6.07, 6.45) is 2.79. The number of hydrogen-bond donors (Lipinski definition) is 1. The molecule has 4 rings (SSSR count). The van der Waals surface area contributed by atoms with E-state index in [1.54, 1.807) is 17.7 Å². The number of thioether (sulfide) groups is 1. The van der Waals surface area contributed by atoms with Crippen LogP contribution in [0.5, 0.6) is 0 Å². The third-order valence-corrected chi connectivity index (χ3v) is 6.30. The first-order valence-electron chi connectivity index (χ1n) is 9.45. The summed E-state index contributed by atoms with van der Waals surface area (Å²) < 4.78 is 7.00. The van der Waals surface area contributed by atoms with E-state index in [2.05, 4.69) is 21.8 Å². The smallest absolute Gasteiger partial charge is 0.356 e. The summed E-state index contributed by atoms with van der Waals surface area (Å²) in [5.41, 5.74) is 0.884. The molecule has 0 aromatic carbocycles. The quantitative estimate of drug-likeness (QED) is 0.402. The molecule has 2 aromatic heterocycles. The zero-order valence-corrected chi connectivity index (χ0v) is 17.4. The summed E-state index contributed by atoms with van der Waals surface area (Å²) in [6, 6.07) is 5.25. The SMILES string of the molecule is C=CCOC(=O)C1=C(Sc2nnc(-c3ccccn3)n2C)C[C@@H]2[C@@H]([C@@H](C)O)C(=O)N12. The van der Waals surface area contributed by atoms with Crippen molar-refractivity contribution in [2.24, 2.45) is 13.0 Å². The number of ether oxygens (including phenoxy) is 1. The van der Waals surface area contributed by atoms with Crippen LogP contribution in [0.2, 0.25) is 0 Å². The van der Waals surface area contributed by atoms with Gasteiger partial charge in [-0.05, 0) is 19.1 Å². The summed E-state index contributed by atoms with van der Waals surface area (Å²) >= 11 is 1.27. The highest BCUT2D eigenvalue weighted by molar-refractivity contribution is 8.03. The van der Waals surface area contributed by atoms with Crippen molar-refractivity contribution in [1.29, 1.82) is 0 Å². The topological polar surface area (TPSA) is 110 Å². The molecule has 1 N–H and O–H groups in total. The molecule has 0 radical (unpaired) electrons. The van der Waals surface area contributed by atoms with Gasteiger partial charge in [-0.1, -0.05) is 30.5 Å². The van der Waals surface area contributed by atoms with Crippen LogP contribution in [0.4, 0.5) is 0 Å². The molecule has 1 fully saturated rings. The van der Waals surface area contributed by atoms with Crippen molar-refractivity contribution in [3.05, 3.63) is 47.7 Å². The molecule has 10 heteroatoms. The molecule has 0 bridgehead atoms. The number of fused-ring (bicyclic) bond motifs is 1. The van der Waals surface area contributed by atoms with E-state index in [4.69, 9.17) is 4.74 Å². The summed E-state index contributed by atoms with van der Waals surface area (Å²) in [7, 11) is 1.82. The molecule has 4 heterocycles.